The molecule has 1 saturated heterocycles. The SMILES string of the molecule is CC[C@@H](C)C(N)c1cn([C@@H](CCC(=O)O)C(=O)N2CCNCC2)nn1. The number of hydrogen-bond donors (Lipinski definition) is 3. The number of nitrogens with two attached hydrogens (primary N) is 1. The van der Waals surface area contributed by atoms with Gasteiger partial charge in [-0.3, -0.25) is 9.59 Å². The third-order valence-electron chi connectivity index (χ3n) is 4.79. The number of aliphatic carboxylic acids is 1. The average molecular weight is 352 g/mol. The van der Waals surface area contributed by atoms with Crippen molar-refractivity contribution in [2.45, 2.75) is 45.2 Å². The molecule has 0 radical (unpaired) electrons. The summed E-state index contributed by atoms with van der Waals surface area (Å²) in [5, 5.41) is 20.4. The maximum absolute atomic E-state index is 12.9. The van der Waals surface area contributed by atoms with Crippen molar-refractivity contribution in [3.8, 4) is 0 Å². The lowest BCUT2D eigenvalue weighted by Crippen LogP contribution is -2.48. The summed E-state index contributed by atoms with van der Waals surface area (Å²) in [4.78, 5) is 25.6. The maximum Gasteiger partial charge on any atom is 0.303 e. The van der Waals surface area contributed by atoms with Crippen LogP contribution in [-0.4, -0.2) is 63.1 Å². The topological polar surface area (TPSA) is 126 Å². The van der Waals surface area contributed by atoms with Gasteiger partial charge in [0.2, 0.25) is 5.91 Å². The Hall–Kier alpha value is -2.00. The van der Waals surface area contributed by atoms with Gasteiger partial charge in [-0.2, -0.15) is 0 Å². The van der Waals surface area contributed by atoms with Crippen LogP contribution in [0.15, 0.2) is 6.20 Å². The molecular formula is C16H28N6O3. The van der Waals surface area contributed by atoms with Crippen LogP contribution >= 0.6 is 0 Å². The third-order valence-corrected chi connectivity index (χ3v) is 4.79. The zero-order valence-corrected chi connectivity index (χ0v) is 14.9. The second kappa shape index (κ2) is 8.91. The van der Waals surface area contributed by atoms with E-state index >= 15 is 0 Å². The number of carboxylic acids is 1. The third kappa shape index (κ3) is 4.99. The predicted molar refractivity (Wildman–Crippen MR) is 91.8 cm³/mol. The Balaban J connectivity index is 2.18. The van der Waals surface area contributed by atoms with E-state index in [0.29, 0.717) is 18.8 Å². The molecule has 9 heteroatoms. The summed E-state index contributed by atoms with van der Waals surface area (Å²) >= 11 is 0. The molecule has 0 saturated carbocycles. The monoisotopic (exact) mass is 352 g/mol. The summed E-state index contributed by atoms with van der Waals surface area (Å²) in [7, 11) is 0. The molecule has 1 fully saturated rings. The van der Waals surface area contributed by atoms with Crippen molar-refractivity contribution in [1.82, 2.24) is 25.2 Å². The molecule has 1 aliphatic heterocycles. The number of rotatable bonds is 8. The molecule has 140 valence electrons. The maximum atomic E-state index is 12.9. The Morgan fingerprint density at radius 2 is 2.08 bits per heavy atom. The fraction of sp³-hybridized carbons (Fsp3) is 0.750. The minimum absolute atomic E-state index is 0.102. The van der Waals surface area contributed by atoms with Crippen molar-refractivity contribution < 1.29 is 14.7 Å². The lowest BCUT2D eigenvalue weighted by Gasteiger charge is -2.30. The minimum Gasteiger partial charge on any atom is -0.481 e. The number of aromatic nitrogens is 3. The summed E-state index contributed by atoms with van der Waals surface area (Å²) in [6, 6.07) is -0.923. The van der Waals surface area contributed by atoms with E-state index in [-0.39, 0.29) is 30.7 Å². The number of piperazine rings is 1. The number of nitrogens with zero attached hydrogens (tertiary/aromatic N) is 4. The highest BCUT2D eigenvalue weighted by Crippen LogP contribution is 2.22. The molecule has 1 unspecified atom stereocenters. The Kier molecular flexibility index (Phi) is 6.89. The van der Waals surface area contributed by atoms with Crippen LogP contribution in [0.1, 0.15) is 50.9 Å². The molecule has 3 atom stereocenters. The number of nitrogens with one attached hydrogen (secondary N) is 1. The number of carbonyl (C=O) groups excluding carboxylic acids is 1. The molecule has 0 aliphatic carbocycles. The minimum atomic E-state index is -0.935. The van der Waals surface area contributed by atoms with Crippen LogP contribution in [-0.2, 0) is 9.59 Å². The summed E-state index contributed by atoms with van der Waals surface area (Å²) < 4.78 is 1.48. The molecule has 2 heterocycles. The van der Waals surface area contributed by atoms with E-state index in [1.807, 2.05) is 6.92 Å². The summed E-state index contributed by atoms with van der Waals surface area (Å²) in [6.45, 7) is 6.78. The first-order chi connectivity index (χ1) is 11.9. The number of carbonyl (C=O) groups is 2. The van der Waals surface area contributed by atoms with Crippen LogP contribution in [0.3, 0.4) is 0 Å². The van der Waals surface area contributed by atoms with E-state index in [0.717, 1.165) is 19.5 Å². The van der Waals surface area contributed by atoms with Crippen molar-refractivity contribution >= 4 is 11.9 Å². The largest absolute Gasteiger partial charge is 0.481 e. The van der Waals surface area contributed by atoms with Gasteiger partial charge in [-0.15, -0.1) is 5.10 Å². The predicted octanol–water partition coefficient (Wildman–Crippen LogP) is 0.162. The highest BCUT2D eigenvalue weighted by atomic mass is 16.4. The van der Waals surface area contributed by atoms with E-state index in [4.69, 9.17) is 10.8 Å². The molecule has 2 rings (SSSR count). The zero-order chi connectivity index (χ0) is 18.4. The van der Waals surface area contributed by atoms with Gasteiger partial charge in [0.1, 0.15) is 6.04 Å². The van der Waals surface area contributed by atoms with Crippen LogP contribution in [0.5, 0.6) is 0 Å². The zero-order valence-electron chi connectivity index (χ0n) is 14.9. The van der Waals surface area contributed by atoms with Crippen molar-refractivity contribution in [2.24, 2.45) is 11.7 Å². The van der Waals surface area contributed by atoms with E-state index < -0.39 is 12.0 Å². The molecule has 1 aromatic heterocycles. The van der Waals surface area contributed by atoms with Gasteiger partial charge < -0.3 is 21.1 Å². The summed E-state index contributed by atoms with van der Waals surface area (Å²) in [6.07, 6.45) is 2.67. The Labute approximate surface area is 147 Å². The van der Waals surface area contributed by atoms with E-state index in [2.05, 4.69) is 22.6 Å². The Morgan fingerprint density at radius 1 is 1.40 bits per heavy atom. The quantitative estimate of drug-likeness (QED) is 0.608. The molecule has 1 amide bonds. The molecule has 1 aromatic rings. The lowest BCUT2D eigenvalue weighted by atomic mass is 9.98. The van der Waals surface area contributed by atoms with Crippen LogP contribution in [0.2, 0.25) is 0 Å². The molecule has 1 aliphatic rings. The van der Waals surface area contributed by atoms with Gasteiger partial charge in [0.15, 0.2) is 0 Å². The van der Waals surface area contributed by atoms with E-state index in [1.54, 1.807) is 11.1 Å². The van der Waals surface area contributed by atoms with E-state index in [1.165, 1.54) is 4.68 Å². The van der Waals surface area contributed by atoms with Crippen molar-refractivity contribution in [3.63, 3.8) is 0 Å². The van der Waals surface area contributed by atoms with Crippen LogP contribution in [0.4, 0.5) is 0 Å². The van der Waals surface area contributed by atoms with Gasteiger partial charge in [-0.25, -0.2) is 4.68 Å². The highest BCUT2D eigenvalue weighted by molar-refractivity contribution is 5.81. The van der Waals surface area contributed by atoms with Crippen LogP contribution in [0, 0.1) is 5.92 Å². The number of amides is 1. The normalized spacial score (nSPS) is 18.6. The van der Waals surface area contributed by atoms with Gasteiger partial charge in [0.05, 0.1) is 17.9 Å². The second-order valence-corrected chi connectivity index (χ2v) is 6.56. The molecule has 0 spiro atoms. The van der Waals surface area contributed by atoms with E-state index in [9.17, 15) is 9.59 Å². The molecule has 25 heavy (non-hydrogen) atoms. The average Bonchev–Trinajstić information content (AvgIpc) is 3.10. The van der Waals surface area contributed by atoms with Crippen molar-refractivity contribution in [1.29, 1.82) is 0 Å². The molecule has 0 bridgehead atoms. The molecular weight excluding hydrogens is 324 g/mol. The summed E-state index contributed by atoms with van der Waals surface area (Å²) in [5.41, 5.74) is 6.82. The van der Waals surface area contributed by atoms with Gasteiger partial charge >= 0.3 is 5.97 Å². The lowest BCUT2D eigenvalue weighted by molar-refractivity contribution is -0.139. The van der Waals surface area contributed by atoms with Gasteiger partial charge in [-0.1, -0.05) is 25.5 Å². The van der Waals surface area contributed by atoms with Crippen molar-refractivity contribution in [3.05, 3.63) is 11.9 Å². The smallest absolute Gasteiger partial charge is 0.303 e. The molecule has 9 nitrogen and oxygen atoms in total. The Bertz CT molecular complexity index is 584. The number of hydrogen-bond acceptors (Lipinski definition) is 6. The molecule has 0 aromatic carbocycles. The second-order valence-electron chi connectivity index (χ2n) is 6.56. The molecule has 4 N–H and O–H groups in total. The first kappa shape index (κ1) is 19.3. The van der Waals surface area contributed by atoms with Gasteiger partial charge in [-0.05, 0) is 12.3 Å². The fourth-order valence-electron chi connectivity index (χ4n) is 2.87. The van der Waals surface area contributed by atoms with Crippen LogP contribution < -0.4 is 11.1 Å². The van der Waals surface area contributed by atoms with Crippen LogP contribution in [0.25, 0.3) is 0 Å². The van der Waals surface area contributed by atoms with Gasteiger partial charge in [0, 0.05) is 32.6 Å². The summed E-state index contributed by atoms with van der Waals surface area (Å²) in [5.74, 6) is -0.808. The van der Waals surface area contributed by atoms with Crippen molar-refractivity contribution in [2.75, 3.05) is 26.2 Å². The van der Waals surface area contributed by atoms with Gasteiger partial charge in [0.25, 0.3) is 0 Å². The number of carboxylic acid groups (broad SMARTS) is 1. The first-order valence-corrected chi connectivity index (χ1v) is 8.82. The fourth-order valence-corrected chi connectivity index (χ4v) is 2.87. The Morgan fingerprint density at radius 3 is 2.68 bits per heavy atom. The first-order valence-electron chi connectivity index (χ1n) is 8.82. The highest BCUT2D eigenvalue weighted by Gasteiger charge is 2.29. The standard InChI is InChI=1S/C16H28N6O3/c1-3-11(2)15(17)12-10-22(20-19-12)13(4-5-14(23)24)16(25)21-8-6-18-7-9-21/h10-11,13,15,18H,3-9,17H2,1-2H3,(H,23,24)/t11-,13+,15?/m1/s1.